The van der Waals surface area contributed by atoms with Gasteiger partial charge in [-0.05, 0) is 32.2 Å². The van der Waals surface area contributed by atoms with Crippen molar-refractivity contribution in [2.75, 3.05) is 26.7 Å². The lowest BCUT2D eigenvalue weighted by Crippen LogP contribution is -2.49. The highest BCUT2D eigenvalue weighted by Crippen LogP contribution is 2.12. The number of nitrogens with zero attached hydrogens (tertiary/aromatic N) is 1. The van der Waals surface area contributed by atoms with Crippen molar-refractivity contribution >= 4 is 0 Å². The Balaban J connectivity index is 2.16. The summed E-state index contributed by atoms with van der Waals surface area (Å²) < 4.78 is 0. The smallest absolute Gasteiger partial charge is 0.00664 e. The van der Waals surface area contributed by atoms with Crippen molar-refractivity contribution in [1.82, 2.24) is 10.2 Å². The molecule has 1 rings (SSSR count). The van der Waals surface area contributed by atoms with Crippen molar-refractivity contribution in [3.05, 3.63) is 0 Å². The van der Waals surface area contributed by atoms with Gasteiger partial charge in [0.25, 0.3) is 0 Å². The molecule has 2 nitrogen and oxygen atoms in total. The molecule has 2 heteroatoms. The first-order chi connectivity index (χ1) is 6.09. The SMILES string of the molecule is CC(C)CC(C)N(C)CC1CNC1. The minimum Gasteiger partial charge on any atom is -0.316 e. The highest BCUT2D eigenvalue weighted by molar-refractivity contribution is 4.78. The first kappa shape index (κ1) is 11.0. The second-order valence-electron chi connectivity index (χ2n) is 4.94. The van der Waals surface area contributed by atoms with E-state index < -0.39 is 0 Å². The summed E-state index contributed by atoms with van der Waals surface area (Å²) in [7, 11) is 2.26. The van der Waals surface area contributed by atoms with Crippen molar-refractivity contribution in [3.8, 4) is 0 Å². The van der Waals surface area contributed by atoms with E-state index in [0.29, 0.717) is 0 Å². The van der Waals surface area contributed by atoms with Crippen molar-refractivity contribution < 1.29 is 0 Å². The van der Waals surface area contributed by atoms with Crippen LogP contribution in [0, 0.1) is 11.8 Å². The average molecular weight is 184 g/mol. The molecule has 1 fully saturated rings. The van der Waals surface area contributed by atoms with Gasteiger partial charge >= 0.3 is 0 Å². The van der Waals surface area contributed by atoms with Crippen molar-refractivity contribution in [3.63, 3.8) is 0 Å². The van der Waals surface area contributed by atoms with E-state index in [2.05, 4.69) is 38.0 Å². The molecule has 0 saturated carbocycles. The van der Waals surface area contributed by atoms with Gasteiger partial charge in [-0.2, -0.15) is 0 Å². The van der Waals surface area contributed by atoms with Crippen LogP contribution in [0.2, 0.25) is 0 Å². The molecule has 1 aliphatic heterocycles. The largest absolute Gasteiger partial charge is 0.316 e. The van der Waals surface area contributed by atoms with Crippen LogP contribution in [0.3, 0.4) is 0 Å². The lowest BCUT2D eigenvalue weighted by Gasteiger charge is -2.34. The topological polar surface area (TPSA) is 15.3 Å². The maximum atomic E-state index is 3.32. The van der Waals surface area contributed by atoms with E-state index in [1.54, 1.807) is 0 Å². The Hall–Kier alpha value is -0.0800. The normalized spacial score (nSPS) is 20.8. The van der Waals surface area contributed by atoms with Crippen molar-refractivity contribution in [2.24, 2.45) is 11.8 Å². The highest BCUT2D eigenvalue weighted by atomic mass is 15.1. The van der Waals surface area contributed by atoms with Crippen molar-refractivity contribution in [1.29, 1.82) is 0 Å². The Labute approximate surface area is 82.7 Å². The molecule has 1 aliphatic rings. The van der Waals surface area contributed by atoms with Crippen LogP contribution in [0.15, 0.2) is 0 Å². The lowest BCUT2D eigenvalue weighted by atomic mass is 10.00. The Bertz CT molecular complexity index is 141. The van der Waals surface area contributed by atoms with Gasteiger partial charge in [0.15, 0.2) is 0 Å². The Morgan fingerprint density at radius 2 is 1.92 bits per heavy atom. The van der Waals surface area contributed by atoms with Gasteiger partial charge in [0, 0.05) is 25.7 Å². The molecule has 0 amide bonds. The maximum Gasteiger partial charge on any atom is 0.00664 e. The van der Waals surface area contributed by atoms with Crippen LogP contribution in [-0.4, -0.2) is 37.6 Å². The average Bonchev–Trinajstić information content (AvgIpc) is 1.94. The quantitative estimate of drug-likeness (QED) is 0.698. The van der Waals surface area contributed by atoms with Crippen LogP contribution >= 0.6 is 0 Å². The van der Waals surface area contributed by atoms with E-state index in [0.717, 1.165) is 17.9 Å². The molecule has 13 heavy (non-hydrogen) atoms. The fourth-order valence-electron chi connectivity index (χ4n) is 1.93. The van der Waals surface area contributed by atoms with E-state index in [1.807, 2.05) is 0 Å². The third-order valence-electron chi connectivity index (χ3n) is 2.98. The Kier molecular flexibility index (Phi) is 4.20. The number of hydrogen-bond donors (Lipinski definition) is 1. The summed E-state index contributed by atoms with van der Waals surface area (Å²) in [5.41, 5.74) is 0. The van der Waals surface area contributed by atoms with Crippen LogP contribution in [0.1, 0.15) is 27.2 Å². The fraction of sp³-hybridized carbons (Fsp3) is 1.00. The zero-order chi connectivity index (χ0) is 9.84. The van der Waals surface area contributed by atoms with Crippen LogP contribution < -0.4 is 5.32 Å². The molecule has 1 N–H and O–H groups in total. The minimum absolute atomic E-state index is 0.737. The van der Waals surface area contributed by atoms with Crippen LogP contribution in [0.25, 0.3) is 0 Å². The molecule has 1 heterocycles. The molecular weight excluding hydrogens is 160 g/mol. The predicted molar refractivity (Wildman–Crippen MR) is 57.9 cm³/mol. The van der Waals surface area contributed by atoms with Crippen molar-refractivity contribution in [2.45, 2.75) is 33.2 Å². The molecule has 1 saturated heterocycles. The summed E-state index contributed by atoms with van der Waals surface area (Å²) in [6, 6.07) is 0.737. The molecule has 0 radical (unpaired) electrons. The lowest BCUT2D eigenvalue weighted by molar-refractivity contribution is 0.168. The molecule has 1 atom stereocenters. The van der Waals surface area contributed by atoms with E-state index >= 15 is 0 Å². The number of rotatable bonds is 5. The van der Waals surface area contributed by atoms with Gasteiger partial charge < -0.3 is 10.2 Å². The molecule has 0 spiro atoms. The summed E-state index contributed by atoms with van der Waals surface area (Å²) in [6.45, 7) is 10.6. The minimum atomic E-state index is 0.737. The van der Waals surface area contributed by atoms with Gasteiger partial charge in [0.1, 0.15) is 0 Å². The highest BCUT2D eigenvalue weighted by Gasteiger charge is 2.20. The summed E-state index contributed by atoms with van der Waals surface area (Å²) in [5, 5.41) is 3.32. The Morgan fingerprint density at radius 3 is 2.31 bits per heavy atom. The number of nitrogens with one attached hydrogen (secondary N) is 1. The van der Waals surface area contributed by atoms with Gasteiger partial charge in [-0.3, -0.25) is 0 Å². The standard InChI is InChI=1S/C11H24N2/c1-9(2)5-10(3)13(4)8-11-6-12-7-11/h9-12H,5-8H2,1-4H3. The predicted octanol–water partition coefficient (Wildman–Crippen LogP) is 1.57. The monoisotopic (exact) mass is 184 g/mol. The van der Waals surface area contributed by atoms with Gasteiger partial charge in [-0.1, -0.05) is 13.8 Å². The summed E-state index contributed by atoms with van der Waals surface area (Å²) in [4.78, 5) is 2.51. The van der Waals surface area contributed by atoms with E-state index in [4.69, 9.17) is 0 Å². The molecule has 0 aromatic carbocycles. The first-order valence-corrected chi connectivity index (χ1v) is 5.50. The van der Waals surface area contributed by atoms with Crippen LogP contribution in [0.4, 0.5) is 0 Å². The molecule has 0 bridgehead atoms. The molecule has 1 unspecified atom stereocenters. The maximum absolute atomic E-state index is 3.32. The Morgan fingerprint density at radius 1 is 1.31 bits per heavy atom. The second kappa shape index (κ2) is 4.97. The summed E-state index contributed by atoms with van der Waals surface area (Å²) in [6.07, 6.45) is 1.32. The molecule has 0 aromatic heterocycles. The second-order valence-corrected chi connectivity index (χ2v) is 4.94. The zero-order valence-electron chi connectivity index (χ0n) is 9.51. The van der Waals surface area contributed by atoms with E-state index in [9.17, 15) is 0 Å². The van der Waals surface area contributed by atoms with Crippen LogP contribution in [0.5, 0.6) is 0 Å². The third-order valence-corrected chi connectivity index (χ3v) is 2.98. The summed E-state index contributed by atoms with van der Waals surface area (Å²) in [5.74, 6) is 1.72. The molecular formula is C11H24N2. The van der Waals surface area contributed by atoms with Gasteiger partial charge in [-0.25, -0.2) is 0 Å². The van der Waals surface area contributed by atoms with E-state index in [1.165, 1.54) is 26.1 Å². The fourth-order valence-corrected chi connectivity index (χ4v) is 1.93. The third kappa shape index (κ3) is 3.65. The first-order valence-electron chi connectivity index (χ1n) is 5.50. The van der Waals surface area contributed by atoms with Gasteiger partial charge in [0.2, 0.25) is 0 Å². The zero-order valence-corrected chi connectivity index (χ0v) is 9.51. The molecule has 0 aliphatic carbocycles. The molecule has 78 valence electrons. The number of hydrogen-bond acceptors (Lipinski definition) is 2. The molecule has 0 aromatic rings. The summed E-state index contributed by atoms with van der Waals surface area (Å²) >= 11 is 0. The van der Waals surface area contributed by atoms with E-state index in [-0.39, 0.29) is 0 Å². The van der Waals surface area contributed by atoms with Gasteiger partial charge in [0.05, 0.1) is 0 Å². The van der Waals surface area contributed by atoms with Gasteiger partial charge in [-0.15, -0.1) is 0 Å². The van der Waals surface area contributed by atoms with Crippen LogP contribution in [-0.2, 0) is 0 Å².